The highest BCUT2D eigenvalue weighted by molar-refractivity contribution is 6.09. The van der Waals surface area contributed by atoms with Crippen molar-refractivity contribution in [3.63, 3.8) is 0 Å². The number of nitrogens with one attached hydrogen (secondary N) is 3. The van der Waals surface area contributed by atoms with E-state index in [2.05, 4.69) is 0 Å². The van der Waals surface area contributed by atoms with Crippen molar-refractivity contribution >= 4 is 17.6 Å². The summed E-state index contributed by atoms with van der Waals surface area (Å²) in [6.07, 6.45) is -5.49. The Bertz CT molecular complexity index is 1150. The highest BCUT2D eigenvalue weighted by Crippen LogP contribution is 2.45. The van der Waals surface area contributed by atoms with E-state index in [-0.39, 0.29) is 12.5 Å². The molecule has 1 aromatic carbocycles. The molecule has 1 atom stereocenters. The summed E-state index contributed by atoms with van der Waals surface area (Å²) >= 11 is 0. The molecule has 2 amide bonds. The third-order valence-electron chi connectivity index (χ3n) is 4.54. The normalized spacial score (nSPS) is 18.3. The van der Waals surface area contributed by atoms with Crippen LogP contribution in [0.15, 0.2) is 33.9 Å². The number of alkyl halides is 3. The maximum Gasteiger partial charge on any atom is 0.425 e. The molecule has 2 heterocycles. The first-order valence-corrected chi connectivity index (χ1v) is 8.73. The molecule has 30 heavy (non-hydrogen) atoms. The summed E-state index contributed by atoms with van der Waals surface area (Å²) in [7, 11) is 0. The quantitative estimate of drug-likeness (QED) is 0.640. The van der Waals surface area contributed by atoms with Crippen LogP contribution in [0.25, 0.3) is 0 Å². The third kappa shape index (κ3) is 3.17. The van der Waals surface area contributed by atoms with Crippen LogP contribution in [0.5, 0.6) is 0 Å². The van der Waals surface area contributed by atoms with Crippen LogP contribution < -0.4 is 21.9 Å². The number of hydrogen-bond acceptors (Lipinski definition) is 4. The number of anilines is 1. The highest BCUT2D eigenvalue weighted by atomic mass is 19.4. The summed E-state index contributed by atoms with van der Waals surface area (Å²) in [5, 5.41) is 3.38. The van der Waals surface area contributed by atoms with Crippen LogP contribution in [0.2, 0.25) is 0 Å². The van der Waals surface area contributed by atoms with E-state index in [1.807, 2.05) is 5.32 Å². The fourth-order valence-electron chi connectivity index (χ4n) is 3.25. The van der Waals surface area contributed by atoms with Crippen molar-refractivity contribution < 1.29 is 27.2 Å². The zero-order valence-electron chi connectivity index (χ0n) is 15.7. The van der Waals surface area contributed by atoms with Crippen LogP contribution in [-0.4, -0.2) is 27.5 Å². The molecule has 0 unspecified atom stereocenters. The first-order valence-electron chi connectivity index (χ1n) is 8.73. The molecule has 0 aliphatic carbocycles. The summed E-state index contributed by atoms with van der Waals surface area (Å²) in [5.41, 5.74) is -8.29. The minimum absolute atomic E-state index is 0.118. The standard InChI is InChI=1S/C18H16F4N4O4/c1-8(2)7-26-12-11(14(28)24-16(26)30)17(15(29)23-12,18(20,21)22)25-13(27)9-5-3-4-6-10(9)19/h3-6,8H,7H2,1-2H3,(H,23,29)(H,25,27)(H,24,28,30)/t17-/m1/s1. The second kappa shape index (κ2) is 7.11. The first-order chi connectivity index (χ1) is 13.9. The van der Waals surface area contributed by atoms with Crippen molar-refractivity contribution in [2.24, 2.45) is 5.92 Å². The molecule has 0 saturated heterocycles. The molecule has 1 aliphatic heterocycles. The number of carbonyl (C=O) groups is 2. The molecule has 3 rings (SSSR count). The Morgan fingerprint density at radius 1 is 1.20 bits per heavy atom. The Balaban J connectivity index is 2.27. The lowest BCUT2D eigenvalue weighted by atomic mass is 9.91. The number of rotatable bonds is 4. The fourth-order valence-corrected chi connectivity index (χ4v) is 3.25. The molecule has 8 nitrogen and oxygen atoms in total. The topological polar surface area (TPSA) is 113 Å². The second-order valence-electron chi connectivity index (χ2n) is 7.12. The van der Waals surface area contributed by atoms with Crippen molar-refractivity contribution in [1.82, 2.24) is 14.9 Å². The van der Waals surface area contributed by atoms with Crippen LogP contribution in [-0.2, 0) is 16.9 Å². The molecular formula is C18H16F4N4O4. The largest absolute Gasteiger partial charge is 0.425 e. The van der Waals surface area contributed by atoms with E-state index in [1.165, 1.54) is 17.4 Å². The third-order valence-corrected chi connectivity index (χ3v) is 4.54. The number of fused-ring (bicyclic) bond motifs is 1. The van der Waals surface area contributed by atoms with Gasteiger partial charge >= 0.3 is 11.9 Å². The van der Waals surface area contributed by atoms with Gasteiger partial charge in [0.15, 0.2) is 0 Å². The van der Waals surface area contributed by atoms with Crippen LogP contribution in [0, 0.1) is 11.7 Å². The average molecular weight is 428 g/mol. The molecule has 2 aromatic rings. The van der Waals surface area contributed by atoms with Gasteiger partial charge in [0.2, 0.25) is 0 Å². The lowest BCUT2D eigenvalue weighted by Crippen LogP contribution is -2.62. The number of H-pyrrole nitrogens is 1. The van der Waals surface area contributed by atoms with Gasteiger partial charge in [0, 0.05) is 6.54 Å². The number of amides is 2. The average Bonchev–Trinajstić information content (AvgIpc) is 2.92. The molecule has 0 saturated carbocycles. The fraction of sp³-hybridized carbons (Fsp3) is 0.333. The molecule has 1 aliphatic rings. The summed E-state index contributed by atoms with van der Waals surface area (Å²) in [6.45, 7) is 3.21. The summed E-state index contributed by atoms with van der Waals surface area (Å²) in [6, 6.07) is 4.21. The van der Waals surface area contributed by atoms with Gasteiger partial charge in [0.1, 0.15) is 17.2 Å². The number of benzene rings is 1. The maximum atomic E-state index is 14.2. The monoisotopic (exact) mass is 428 g/mol. The van der Waals surface area contributed by atoms with Gasteiger partial charge in [-0.1, -0.05) is 26.0 Å². The SMILES string of the molecule is CC(C)Cn1c2c(c(=O)[nH]c1=O)[C@](NC(=O)c1ccccc1F)(C(F)(F)F)C(=O)N2. The van der Waals surface area contributed by atoms with Gasteiger partial charge < -0.3 is 10.6 Å². The van der Waals surface area contributed by atoms with Gasteiger partial charge in [0.25, 0.3) is 22.9 Å². The Labute approximate surface area is 165 Å². The Hall–Kier alpha value is -3.44. The lowest BCUT2D eigenvalue weighted by molar-refractivity contribution is -0.196. The molecule has 1 aromatic heterocycles. The van der Waals surface area contributed by atoms with E-state index in [4.69, 9.17) is 0 Å². The van der Waals surface area contributed by atoms with Gasteiger partial charge in [-0.3, -0.25) is 23.9 Å². The Morgan fingerprint density at radius 3 is 2.40 bits per heavy atom. The zero-order chi connectivity index (χ0) is 22.4. The highest BCUT2D eigenvalue weighted by Gasteiger charge is 2.68. The minimum Gasteiger partial charge on any atom is -0.326 e. The molecule has 0 spiro atoms. The smallest absolute Gasteiger partial charge is 0.326 e. The second-order valence-corrected chi connectivity index (χ2v) is 7.12. The summed E-state index contributed by atoms with van der Waals surface area (Å²) in [4.78, 5) is 51.3. The number of hydrogen-bond donors (Lipinski definition) is 3. The zero-order valence-corrected chi connectivity index (χ0v) is 15.7. The number of halogens is 4. The van der Waals surface area contributed by atoms with E-state index >= 15 is 0 Å². The number of carbonyl (C=O) groups excluding carboxylic acids is 2. The molecule has 160 valence electrons. The van der Waals surface area contributed by atoms with Gasteiger partial charge in [-0.05, 0) is 18.1 Å². The molecule has 0 fully saturated rings. The van der Waals surface area contributed by atoms with Crippen molar-refractivity contribution in [2.75, 3.05) is 5.32 Å². The van der Waals surface area contributed by atoms with E-state index in [0.717, 1.165) is 16.7 Å². The summed E-state index contributed by atoms with van der Waals surface area (Å²) < 4.78 is 57.3. The van der Waals surface area contributed by atoms with Gasteiger partial charge in [-0.2, -0.15) is 13.2 Å². The van der Waals surface area contributed by atoms with E-state index in [1.54, 1.807) is 18.8 Å². The molecular weight excluding hydrogens is 412 g/mol. The van der Waals surface area contributed by atoms with Crippen LogP contribution in [0.4, 0.5) is 23.4 Å². The van der Waals surface area contributed by atoms with Crippen molar-refractivity contribution in [1.29, 1.82) is 0 Å². The molecule has 0 bridgehead atoms. The van der Waals surface area contributed by atoms with Gasteiger partial charge in [0.05, 0.1) is 5.56 Å². The van der Waals surface area contributed by atoms with Crippen molar-refractivity contribution in [3.8, 4) is 0 Å². The maximum absolute atomic E-state index is 14.2. The van der Waals surface area contributed by atoms with Gasteiger partial charge in [-0.25, -0.2) is 9.18 Å². The number of aromatic amines is 1. The molecule has 0 radical (unpaired) electrons. The van der Waals surface area contributed by atoms with E-state index < -0.39 is 57.5 Å². The van der Waals surface area contributed by atoms with Gasteiger partial charge in [-0.15, -0.1) is 0 Å². The van der Waals surface area contributed by atoms with Crippen LogP contribution in [0.3, 0.4) is 0 Å². The number of nitrogens with zero attached hydrogens (tertiary/aromatic N) is 1. The van der Waals surface area contributed by atoms with Crippen LogP contribution in [0.1, 0.15) is 29.8 Å². The molecule has 12 heteroatoms. The minimum atomic E-state index is -5.49. The van der Waals surface area contributed by atoms with Crippen molar-refractivity contribution in [2.45, 2.75) is 32.1 Å². The van der Waals surface area contributed by atoms with E-state index in [9.17, 15) is 36.7 Å². The Morgan fingerprint density at radius 2 is 1.83 bits per heavy atom. The predicted octanol–water partition coefficient (Wildman–Crippen LogP) is 1.47. The lowest BCUT2D eigenvalue weighted by Gasteiger charge is -2.30. The Kier molecular flexibility index (Phi) is 5.04. The molecule has 3 N–H and O–H groups in total. The first kappa shape index (κ1) is 21.3. The summed E-state index contributed by atoms with van der Waals surface area (Å²) in [5.74, 6) is -5.38. The van der Waals surface area contributed by atoms with E-state index in [0.29, 0.717) is 0 Å². The predicted molar refractivity (Wildman–Crippen MR) is 96.4 cm³/mol. The number of aromatic nitrogens is 2. The van der Waals surface area contributed by atoms with Crippen LogP contribution >= 0.6 is 0 Å². The van der Waals surface area contributed by atoms with Crippen molar-refractivity contribution in [3.05, 3.63) is 62.0 Å².